The Morgan fingerprint density at radius 1 is 1.04 bits per heavy atom. The monoisotopic (exact) mass is 386 g/mol. The number of rotatable bonds is 4. The minimum absolute atomic E-state index is 0.129. The number of nitrogens with one attached hydrogen (secondary N) is 2. The van der Waals surface area contributed by atoms with Crippen molar-refractivity contribution in [3.05, 3.63) is 53.9 Å². The van der Waals surface area contributed by atoms with Gasteiger partial charge in [0.25, 0.3) is 15.9 Å². The summed E-state index contributed by atoms with van der Waals surface area (Å²) >= 11 is 0. The van der Waals surface area contributed by atoms with E-state index in [4.69, 9.17) is 0 Å². The summed E-state index contributed by atoms with van der Waals surface area (Å²) in [4.78, 5) is 20.7. The molecule has 8 heteroatoms. The van der Waals surface area contributed by atoms with Crippen LogP contribution in [0, 0.1) is 6.92 Å². The van der Waals surface area contributed by atoms with E-state index in [1.54, 1.807) is 24.3 Å². The Balaban J connectivity index is 1.67. The number of amidine groups is 1. The third kappa shape index (κ3) is 5.13. The number of amides is 1. The van der Waals surface area contributed by atoms with Crippen LogP contribution in [0.1, 0.15) is 41.7 Å². The molecule has 0 aliphatic carbocycles. The summed E-state index contributed by atoms with van der Waals surface area (Å²) in [5, 5.41) is 2.73. The number of carbonyl (C=O) groups excluding carboxylic acids is 1. The van der Waals surface area contributed by atoms with Crippen molar-refractivity contribution in [2.75, 3.05) is 11.9 Å². The van der Waals surface area contributed by atoms with E-state index in [2.05, 4.69) is 20.0 Å². The average Bonchev–Trinajstić information content (AvgIpc) is 2.91. The van der Waals surface area contributed by atoms with Crippen LogP contribution in [-0.2, 0) is 10.0 Å². The van der Waals surface area contributed by atoms with Crippen molar-refractivity contribution in [2.24, 2.45) is 4.99 Å². The molecule has 0 saturated heterocycles. The topological polar surface area (TPSA) is 101 Å². The first-order valence-corrected chi connectivity index (χ1v) is 10.3. The molecule has 1 amide bonds. The van der Waals surface area contributed by atoms with E-state index in [9.17, 15) is 13.2 Å². The first-order valence-electron chi connectivity index (χ1n) is 8.84. The predicted molar refractivity (Wildman–Crippen MR) is 104 cm³/mol. The summed E-state index contributed by atoms with van der Waals surface area (Å²) in [6.45, 7) is 2.49. The maximum absolute atomic E-state index is 12.5. The van der Waals surface area contributed by atoms with E-state index >= 15 is 0 Å². The number of aryl methyl sites for hydroxylation is 1. The second kappa shape index (κ2) is 8.30. The highest BCUT2D eigenvalue weighted by Crippen LogP contribution is 2.16. The number of hydrogen-bond donors (Lipinski definition) is 2. The van der Waals surface area contributed by atoms with Gasteiger partial charge < -0.3 is 5.32 Å². The van der Waals surface area contributed by atoms with Crippen molar-refractivity contribution in [2.45, 2.75) is 37.5 Å². The van der Waals surface area contributed by atoms with Crippen LogP contribution in [0.2, 0.25) is 0 Å². The van der Waals surface area contributed by atoms with Crippen molar-refractivity contribution in [3.63, 3.8) is 0 Å². The molecule has 0 unspecified atom stereocenters. The van der Waals surface area contributed by atoms with E-state index < -0.39 is 10.0 Å². The van der Waals surface area contributed by atoms with Gasteiger partial charge in [-0.25, -0.2) is 8.42 Å². The first kappa shape index (κ1) is 19.0. The quantitative estimate of drug-likeness (QED) is 0.844. The average molecular weight is 386 g/mol. The van der Waals surface area contributed by atoms with Crippen LogP contribution < -0.4 is 10.0 Å². The first-order chi connectivity index (χ1) is 12.9. The molecule has 0 fully saturated rings. The molecule has 1 aliphatic heterocycles. The number of anilines is 1. The van der Waals surface area contributed by atoms with Crippen LogP contribution in [0.5, 0.6) is 0 Å². The van der Waals surface area contributed by atoms with Gasteiger partial charge in [-0.3, -0.25) is 19.5 Å². The Morgan fingerprint density at radius 2 is 1.81 bits per heavy atom. The van der Waals surface area contributed by atoms with Gasteiger partial charge in [0.15, 0.2) is 0 Å². The van der Waals surface area contributed by atoms with Crippen LogP contribution in [0.15, 0.2) is 52.5 Å². The lowest BCUT2D eigenvalue weighted by atomic mass is 10.2. The molecule has 27 heavy (non-hydrogen) atoms. The maximum Gasteiger partial charge on any atom is 0.262 e. The van der Waals surface area contributed by atoms with E-state index in [1.165, 1.54) is 18.3 Å². The summed E-state index contributed by atoms with van der Waals surface area (Å²) < 4.78 is 27.6. The normalized spacial score (nSPS) is 14.8. The molecule has 2 N–H and O–H groups in total. The molecule has 7 nitrogen and oxygen atoms in total. The zero-order valence-corrected chi connectivity index (χ0v) is 15.9. The van der Waals surface area contributed by atoms with Crippen molar-refractivity contribution in [1.29, 1.82) is 0 Å². The van der Waals surface area contributed by atoms with Crippen LogP contribution in [0.3, 0.4) is 0 Å². The van der Waals surface area contributed by atoms with Gasteiger partial charge in [0.2, 0.25) is 0 Å². The summed E-state index contributed by atoms with van der Waals surface area (Å²) in [6, 6.07) is 9.48. The van der Waals surface area contributed by atoms with Gasteiger partial charge in [-0.15, -0.1) is 0 Å². The molecular weight excluding hydrogens is 364 g/mol. The number of pyridine rings is 1. The highest BCUT2D eigenvalue weighted by Gasteiger charge is 2.17. The van der Waals surface area contributed by atoms with Crippen molar-refractivity contribution in [3.8, 4) is 0 Å². The van der Waals surface area contributed by atoms with E-state index in [1.807, 2.05) is 6.92 Å². The Kier molecular flexibility index (Phi) is 5.85. The minimum atomic E-state index is -3.68. The Hall–Kier alpha value is -2.74. The highest BCUT2D eigenvalue weighted by molar-refractivity contribution is 7.90. The number of hydrogen-bond acceptors (Lipinski definition) is 5. The summed E-state index contributed by atoms with van der Waals surface area (Å²) in [5.41, 5.74) is 1.77. The molecule has 0 bridgehead atoms. The predicted octanol–water partition coefficient (Wildman–Crippen LogP) is 2.89. The zero-order chi connectivity index (χ0) is 19.3. The van der Waals surface area contributed by atoms with Crippen LogP contribution >= 0.6 is 0 Å². The number of carbonyl (C=O) groups is 1. The van der Waals surface area contributed by atoms with E-state index in [-0.39, 0.29) is 10.8 Å². The van der Waals surface area contributed by atoms with Gasteiger partial charge in [-0.2, -0.15) is 0 Å². The van der Waals surface area contributed by atoms with Gasteiger partial charge in [0.1, 0.15) is 5.84 Å². The fourth-order valence-corrected chi connectivity index (χ4v) is 3.78. The summed E-state index contributed by atoms with van der Waals surface area (Å²) in [5.74, 6) is 0.209. The lowest BCUT2D eigenvalue weighted by Gasteiger charge is -2.10. The van der Waals surface area contributed by atoms with Gasteiger partial charge >= 0.3 is 0 Å². The van der Waals surface area contributed by atoms with Crippen LogP contribution in [0.4, 0.5) is 5.69 Å². The van der Waals surface area contributed by atoms with Crippen molar-refractivity contribution < 1.29 is 13.2 Å². The summed E-state index contributed by atoms with van der Waals surface area (Å²) in [7, 11) is -3.68. The second-order valence-electron chi connectivity index (χ2n) is 6.41. The molecule has 0 saturated carbocycles. The van der Waals surface area contributed by atoms with E-state index in [0.29, 0.717) is 30.1 Å². The van der Waals surface area contributed by atoms with Crippen molar-refractivity contribution >= 4 is 27.5 Å². The molecule has 142 valence electrons. The SMILES string of the molecule is Cc1ccc(C(=O)Nc2ccc(S(=O)(=O)NC3=NCCCCC3)cc2)cn1. The molecule has 1 aromatic heterocycles. The fourth-order valence-electron chi connectivity index (χ4n) is 2.69. The van der Waals surface area contributed by atoms with Crippen LogP contribution in [-0.4, -0.2) is 31.7 Å². The van der Waals surface area contributed by atoms with Gasteiger partial charge in [0.05, 0.1) is 10.5 Å². The number of sulfonamides is 1. The fraction of sp³-hybridized carbons (Fsp3) is 0.316. The van der Waals surface area contributed by atoms with Crippen molar-refractivity contribution in [1.82, 2.24) is 9.71 Å². The molecule has 1 aromatic carbocycles. The van der Waals surface area contributed by atoms with E-state index in [0.717, 1.165) is 25.0 Å². The minimum Gasteiger partial charge on any atom is -0.322 e. The van der Waals surface area contributed by atoms with Gasteiger partial charge in [-0.05, 0) is 56.2 Å². The molecular formula is C19H22N4O3S. The largest absolute Gasteiger partial charge is 0.322 e. The number of aromatic nitrogens is 1. The third-order valence-electron chi connectivity index (χ3n) is 4.22. The smallest absolute Gasteiger partial charge is 0.262 e. The molecule has 1 aliphatic rings. The lowest BCUT2D eigenvalue weighted by Crippen LogP contribution is -2.30. The Labute approximate surface area is 159 Å². The lowest BCUT2D eigenvalue weighted by molar-refractivity contribution is 0.102. The molecule has 0 atom stereocenters. The standard InChI is InChI=1S/C19H22N4O3S/c1-14-6-7-15(13-21-14)19(24)22-16-8-10-17(11-9-16)27(25,26)23-18-5-3-2-4-12-20-18/h6-11,13H,2-5,12H2,1H3,(H,20,23)(H,22,24). The number of nitrogens with zero attached hydrogens (tertiary/aromatic N) is 2. The number of benzene rings is 1. The van der Waals surface area contributed by atoms with Crippen LogP contribution in [0.25, 0.3) is 0 Å². The zero-order valence-electron chi connectivity index (χ0n) is 15.1. The van der Waals surface area contributed by atoms with Gasteiger partial charge in [-0.1, -0.05) is 6.42 Å². The maximum atomic E-state index is 12.5. The molecule has 3 rings (SSSR count). The molecule has 2 heterocycles. The highest BCUT2D eigenvalue weighted by atomic mass is 32.2. The third-order valence-corrected chi connectivity index (χ3v) is 5.62. The molecule has 0 radical (unpaired) electrons. The summed E-state index contributed by atoms with van der Waals surface area (Å²) in [6.07, 6.45) is 5.11. The Morgan fingerprint density at radius 3 is 2.52 bits per heavy atom. The number of aliphatic imine (C=N–C) groups is 1. The molecule has 0 spiro atoms. The Bertz CT molecular complexity index is 936. The molecule has 2 aromatic rings. The van der Waals surface area contributed by atoms with Gasteiger partial charge in [0, 0.05) is 30.5 Å². The second-order valence-corrected chi connectivity index (χ2v) is 8.09.